The van der Waals surface area contributed by atoms with E-state index >= 15 is 0 Å². The fraction of sp³-hybridized carbons (Fsp3) is 0.455. The van der Waals surface area contributed by atoms with Gasteiger partial charge in [0.1, 0.15) is 11.7 Å². The summed E-state index contributed by atoms with van der Waals surface area (Å²) in [6, 6.07) is 15.3. The van der Waals surface area contributed by atoms with Gasteiger partial charge in [0.25, 0.3) is 0 Å². The molecule has 0 aliphatic carbocycles. The minimum Gasteiger partial charge on any atom is -0.504 e. The maximum absolute atomic E-state index is 11.5. The highest BCUT2D eigenvalue weighted by atomic mass is 16.5. The largest absolute Gasteiger partial charge is 0.504 e. The van der Waals surface area contributed by atoms with Gasteiger partial charge < -0.3 is 14.9 Å². The molecule has 3 rings (SSSR count). The summed E-state index contributed by atoms with van der Waals surface area (Å²) in [5, 5.41) is 21.5. The van der Waals surface area contributed by atoms with E-state index in [0.29, 0.717) is 25.1 Å². The lowest BCUT2D eigenvalue weighted by molar-refractivity contribution is -0.107. The van der Waals surface area contributed by atoms with Gasteiger partial charge in [0.05, 0.1) is 0 Å². The van der Waals surface area contributed by atoms with E-state index < -0.39 is 11.7 Å². The average Bonchev–Trinajstić information content (AvgIpc) is 2.62. The predicted molar refractivity (Wildman–Crippen MR) is 104 cm³/mol. The lowest BCUT2D eigenvalue weighted by Crippen LogP contribution is -2.59. The maximum atomic E-state index is 11.5. The van der Waals surface area contributed by atoms with Crippen LogP contribution in [-0.4, -0.2) is 46.5 Å². The summed E-state index contributed by atoms with van der Waals surface area (Å²) < 4.78 is 6.13. The Kier molecular flexibility index (Phi) is 5.84. The minimum atomic E-state index is -0.957. The Balaban J connectivity index is 1.82. The van der Waals surface area contributed by atoms with Crippen molar-refractivity contribution in [2.24, 2.45) is 0 Å². The van der Waals surface area contributed by atoms with Crippen LogP contribution in [0.15, 0.2) is 48.5 Å². The van der Waals surface area contributed by atoms with Gasteiger partial charge in [0.2, 0.25) is 0 Å². The van der Waals surface area contributed by atoms with Crippen LogP contribution in [0.3, 0.4) is 0 Å². The zero-order valence-corrected chi connectivity index (χ0v) is 15.7. The molecule has 0 spiro atoms. The van der Waals surface area contributed by atoms with E-state index in [1.165, 1.54) is 5.56 Å². The molecule has 2 atom stereocenters. The summed E-state index contributed by atoms with van der Waals surface area (Å²) >= 11 is 0. The van der Waals surface area contributed by atoms with Crippen LogP contribution in [0.25, 0.3) is 0 Å². The van der Waals surface area contributed by atoms with E-state index in [9.17, 15) is 10.2 Å². The van der Waals surface area contributed by atoms with Crippen LogP contribution in [0.4, 0.5) is 0 Å². The third kappa shape index (κ3) is 4.37. The van der Waals surface area contributed by atoms with E-state index in [0.717, 1.165) is 25.1 Å². The van der Waals surface area contributed by atoms with Crippen molar-refractivity contribution in [2.45, 2.75) is 44.8 Å². The molecule has 4 nitrogen and oxygen atoms in total. The number of para-hydroxylation sites is 2. The van der Waals surface area contributed by atoms with Gasteiger partial charge in [0, 0.05) is 19.5 Å². The molecular formula is C22H29NO3. The number of phenolic OH excluding ortho intramolecular Hbond substituents is 1. The maximum Gasteiger partial charge on any atom is 0.161 e. The minimum absolute atomic E-state index is 0.109. The summed E-state index contributed by atoms with van der Waals surface area (Å²) in [5.74, 6) is 0.538. The van der Waals surface area contributed by atoms with Crippen molar-refractivity contribution in [2.75, 3.05) is 19.6 Å². The third-order valence-electron chi connectivity index (χ3n) is 5.19. The molecule has 1 aliphatic heterocycles. The molecular weight excluding hydrogens is 326 g/mol. The van der Waals surface area contributed by atoms with E-state index in [1.54, 1.807) is 18.2 Å². The molecule has 0 aromatic heterocycles. The van der Waals surface area contributed by atoms with Crippen LogP contribution >= 0.6 is 0 Å². The number of nitrogens with zero attached hydrogens (tertiary/aromatic N) is 1. The zero-order valence-electron chi connectivity index (χ0n) is 15.7. The quantitative estimate of drug-likeness (QED) is 0.832. The summed E-state index contributed by atoms with van der Waals surface area (Å²) in [7, 11) is 0. The fourth-order valence-electron chi connectivity index (χ4n) is 3.65. The number of aromatic hydroxyl groups is 1. The number of aliphatic hydroxyl groups is 1. The summed E-state index contributed by atoms with van der Waals surface area (Å²) in [5.41, 5.74) is 1.36. The normalized spacial score (nSPS) is 23.7. The van der Waals surface area contributed by atoms with Crippen LogP contribution in [-0.2, 0) is 6.42 Å². The Morgan fingerprint density at radius 2 is 1.88 bits per heavy atom. The van der Waals surface area contributed by atoms with E-state index in [1.807, 2.05) is 6.07 Å². The van der Waals surface area contributed by atoms with Gasteiger partial charge in [0.15, 0.2) is 11.5 Å². The molecule has 2 unspecified atom stereocenters. The highest BCUT2D eigenvalue weighted by Crippen LogP contribution is 2.33. The second-order valence-corrected chi connectivity index (χ2v) is 7.39. The number of benzene rings is 2. The standard InChI is InChI=1S/C22H29NO3/c1-3-13-23-14-12-22(25,15-18-10-8-17(2)9-11-18)21(16-23)26-20-7-5-4-6-19(20)24/h4-11,21,24-25H,3,12-16H2,1-2H3. The monoisotopic (exact) mass is 355 g/mol. The van der Waals surface area contributed by atoms with Gasteiger partial charge in [-0.2, -0.15) is 0 Å². The molecule has 1 heterocycles. The number of likely N-dealkylation sites (tertiary alicyclic amines) is 1. The van der Waals surface area contributed by atoms with Crippen LogP contribution in [0.1, 0.15) is 30.9 Å². The Labute approximate surface area is 156 Å². The van der Waals surface area contributed by atoms with Gasteiger partial charge in [-0.1, -0.05) is 48.9 Å². The van der Waals surface area contributed by atoms with Crippen LogP contribution in [0, 0.1) is 6.92 Å². The fourth-order valence-corrected chi connectivity index (χ4v) is 3.65. The summed E-state index contributed by atoms with van der Waals surface area (Å²) in [6.45, 7) is 6.72. The van der Waals surface area contributed by atoms with Crippen LogP contribution < -0.4 is 4.74 Å². The topological polar surface area (TPSA) is 52.9 Å². The summed E-state index contributed by atoms with van der Waals surface area (Å²) in [4.78, 5) is 2.33. The van der Waals surface area contributed by atoms with Crippen molar-refractivity contribution in [3.63, 3.8) is 0 Å². The van der Waals surface area contributed by atoms with Crippen molar-refractivity contribution in [3.8, 4) is 11.5 Å². The Bertz CT molecular complexity index is 716. The Morgan fingerprint density at radius 1 is 1.15 bits per heavy atom. The van der Waals surface area contributed by atoms with Crippen molar-refractivity contribution < 1.29 is 14.9 Å². The van der Waals surface area contributed by atoms with Gasteiger partial charge in [-0.3, -0.25) is 4.90 Å². The van der Waals surface area contributed by atoms with Crippen LogP contribution in [0.2, 0.25) is 0 Å². The molecule has 140 valence electrons. The van der Waals surface area contributed by atoms with E-state index in [4.69, 9.17) is 4.74 Å². The molecule has 26 heavy (non-hydrogen) atoms. The number of rotatable bonds is 6. The van der Waals surface area contributed by atoms with Gasteiger partial charge >= 0.3 is 0 Å². The molecule has 0 saturated carbocycles. The van der Waals surface area contributed by atoms with Crippen molar-refractivity contribution in [3.05, 3.63) is 59.7 Å². The number of phenols is 1. The second-order valence-electron chi connectivity index (χ2n) is 7.39. The van der Waals surface area contributed by atoms with Gasteiger partial charge in [-0.15, -0.1) is 0 Å². The smallest absolute Gasteiger partial charge is 0.161 e. The van der Waals surface area contributed by atoms with Gasteiger partial charge in [-0.05, 0) is 44.0 Å². The first-order chi connectivity index (χ1) is 12.5. The lowest BCUT2D eigenvalue weighted by atomic mass is 9.82. The summed E-state index contributed by atoms with van der Waals surface area (Å²) in [6.07, 6.45) is 1.88. The molecule has 1 fully saturated rings. The molecule has 2 aromatic rings. The van der Waals surface area contributed by atoms with E-state index in [-0.39, 0.29) is 5.75 Å². The molecule has 0 amide bonds. The Hall–Kier alpha value is -2.04. The Morgan fingerprint density at radius 3 is 2.58 bits per heavy atom. The first-order valence-electron chi connectivity index (χ1n) is 9.45. The molecule has 0 bridgehead atoms. The number of hydrogen-bond donors (Lipinski definition) is 2. The van der Waals surface area contributed by atoms with Gasteiger partial charge in [-0.25, -0.2) is 0 Å². The molecule has 1 saturated heterocycles. The van der Waals surface area contributed by atoms with Crippen molar-refractivity contribution in [1.82, 2.24) is 4.90 Å². The SMILES string of the molecule is CCCN1CCC(O)(Cc2ccc(C)cc2)C(Oc2ccccc2O)C1. The number of piperidine rings is 1. The average molecular weight is 355 g/mol. The van der Waals surface area contributed by atoms with E-state index in [2.05, 4.69) is 43.0 Å². The number of aryl methyl sites for hydroxylation is 1. The molecule has 2 aromatic carbocycles. The molecule has 4 heteroatoms. The van der Waals surface area contributed by atoms with Crippen molar-refractivity contribution >= 4 is 0 Å². The number of hydrogen-bond acceptors (Lipinski definition) is 4. The second kappa shape index (κ2) is 8.11. The molecule has 0 radical (unpaired) electrons. The van der Waals surface area contributed by atoms with Crippen molar-refractivity contribution in [1.29, 1.82) is 0 Å². The highest BCUT2D eigenvalue weighted by Gasteiger charge is 2.43. The molecule has 2 N–H and O–H groups in total. The zero-order chi connectivity index (χ0) is 18.6. The first-order valence-corrected chi connectivity index (χ1v) is 9.45. The predicted octanol–water partition coefficient (Wildman–Crippen LogP) is 3.54. The lowest BCUT2D eigenvalue weighted by Gasteiger charge is -2.44. The third-order valence-corrected chi connectivity index (χ3v) is 5.19. The number of ether oxygens (including phenoxy) is 1. The van der Waals surface area contributed by atoms with Crippen LogP contribution in [0.5, 0.6) is 11.5 Å². The highest BCUT2D eigenvalue weighted by molar-refractivity contribution is 5.38. The molecule has 1 aliphatic rings. The first kappa shape index (κ1) is 18.7.